The summed E-state index contributed by atoms with van der Waals surface area (Å²) >= 11 is 0. The van der Waals surface area contributed by atoms with Crippen LogP contribution in [0.5, 0.6) is 11.5 Å². The average Bonchev–Trinajstić information content (AvgIpc) is 2.52. The lowest BCUT2D eigenvalue weighted by molar-refractivity contribution is 0.112. The van der Waals surface area contributed by atoms with E-state index in [0.717, 1.165) is 17.6 Å². The van der Waals surface area contributed by atoms with Gasteiger partial charge in [-0.15, -0.1) is 0 Å². The molecular formula is C9H8O3. The first kappa shape index (κ1) is 7.16. The van der Waals surface area contributed by atoms with Gasteiger partial charge in [0.05, 0.1) is 0 Å². The molecule has 0 N–H and O–H groups in total. The number of carbonyl (C=O) groups excluding carboxylic acids is 1. The number of benzene rings is 1. The van der Waals surface area contributed by atoms with E-state index in [1.807, 2.05) is 6.92 Å². The van der Waals surface area contributed by atoms with Gasteiger partial charge in [-0.05, 0) is 24.6 Å². The van der Waals surface area contributed by atoms with Crippen LogP contribution >= 0.6 is 0 Å². The minimum Gasteiger partial charge on any atom is -0.454 e. The fourth-order valence-electron chi connectivity index (χ4n) is 1.28. The van der Waals surface area contributed by atoms with Crippen LogP contribution < -0.4 is 9.47 Å². The van der Waals surface area contributed by atoms with Crippen molar-refractivity contribution in [3.05, 3.63) is 23.3 Å². The predicted octanol–water partition coefficient (Wildman–Crippen LogP) is 1.54. The van der Waals surface area contributed by atoms with E-state index in [0.29, 0.717) is 11.3 Å². The first-order valence-corrected chi connectivity index (χ1v) is 3.66. The average molecular weight is 164 g/mol. The lowest BCUT2D eigenvalue weighted by Gasteiger charge is -2.00. The summed E-state index contributed by atoms with van der Waals surface area (Å²) in [5.74, 6) is 1.41. The van der Waals surface area contributed by atoms with Gasteiger partial charge in [-0.3, -0.25) is 4.79 Å². The lowest BCUT2D eigenvalue weighted by Crippen LogP contribution is -1.93. The van der Waals surface area contributed by atoms with Crippen molar-refractivity contribution >= 4 is 6.29 Å². The number of carbonyl (C=O) groups is 1. The standard InChI is InChI=1S/C9H8O3/c1-6-2-7(4-10)3-8-9(6)12-5-11-8/h2-4H,5H2,1H3. The normalized spacial score (nSPS) is 13.1. The van der Waals surface area contributed by atoms with Crippen LogP contribution in [0.1, 0.15) is 15.9 Å². The van der Waals surface area contributed by atoms with Crippen molar-refractivity contribution in [2.75, 3.05) is 6.79 Å². The third kappa shape index (κ3) is 0.942. The fourth-order valence-corrected chi connectivity index (χ4v) is 1.28. The Bertz CT molecular complexity index is 331. The Kier molecular flexibility index (Phi) is 1.50. The van der Waals surface area contributed by atoms with E-state index >= 15 is 0 Å². The smallest absolute Gasteiger partial charge is 0.231 e. The highest BCUT2D eigenvalue weighted by Gasteiger charge is 2.16. The molecule has 0 spiro atoms. The molecule has 3 heteroatoms. The first-order valence-electron chi connectivity index (χ1n) is 3.66. The Labute approximate surface area is 69.9 Å². The quantitative estimate of drug-likeness (QED) is 0.590. The largest absolute Gasteiger partial charge is 0.454 e. The Balaban J connectivity index is 2.58. The van der Waals surface area contributed by atoms with E-state index in [-0.39, 0.29) is 6.79 Å². The molecule has 1 aliphatic heterocycles. The molecular weight excluding hydrogens is 156 g/mol. The number of hydrogen-bond donors (Lipinski definition) is 0. The molecule has 1 heterocycles. The summed E-state index contributed by atoms with van der Waals surface area (Å²) in [5.41, 5.74) is 1.56. The van der Waals surface area contributed by atoms with Crippen molar-refractivity contribution in [3.63, 3.8) is 0 Å². The summed E-state index contributed by atoms with van der Waals surface area (Å²) in [6.07, 6.45) is 0.801. The van der Waals surface area contributed by atoms with E-state index in [1.54, 1.807) is 12.1 Å². The van der Waals surface area contributed by atoms with Gasteiger partial charge < -0.3 is 9.47 Å². The Morgan fingerprint density at radius 1 is 1.42 bits per heavy atom. The zero-order valence-electron chi connectivity index (χ0n) is 6.66. The second-order valence-electron chi connectivity index (χ2n) is 2.69. The maximum atomic E-state index is 10.5. The van der Waals surface area contributed by atoms with Gasteiger partial charge in [0.25, 0.3) is 0 Å². The molecule has 0 fully saturated rings. The third-order valence-corrected chi connectivity index (χ3v) is 1.82. The van der Waals surface area contributed by atoms with Gasteiger partial charge in [-0.2, -0.15) is 0 Å². The van der Waals surface area contributed by atoms with Crippen LogP contribution in [-0.2, 0) is 0 Å². The van der Waals surface area contributed by atoms with Crippen molar-refractivity contribution in [2.45, 2.75) is 6.92 Å². The highest BCUT2D eigenvalue weighted by Crippen LogP contribution is 2.35. The maximum Gasteiger partial charge on any atom is 0.231 e. The van der Waals surface area contributed by atoms with E-state index in [9.17, 15) is 4.79 Å². The molecule has 0 saturated heterocycles. The molecule has 1 aromatic rings. The molecule has 0 aromatic heterocycles. The topological polar surface area (TPSA) is 35.5 Å². The number of aryl methyl sites for hydroxylation is 1. The van der Waals surface area contributed by atoms with Crippen molar-refractivity contribution in [3.8, 4) is 11.5 Å². The van der Waals surface area contributed by atoms with Gasteiger partial charge in [0.2, 0.25) is 6.79 Å². The summed E-state index contributed by atoms with van der Waals surface area (Å²) in [6, 6.07) is 3.46. The summed E-state index contributed by atoms with van der Waals surface area (Å²) in [5, 5.41) is 0. The number of hydrogen-bond acceptors (Lipinski definition) is 3. The van der Waals surface area contributed by atoms with Gasteiger partial charge in [0.15, 0.2) is 11.5 Å². The molecule has 12 heavy (non-hydrogen) atoms. The van der Waals surface area contributed by atoms with Gasteiger partial charge >= 0.3 is 0 Å². The molecule has 2 rings (SSSR count). The molecule has 0 atom stereocenters. The SMILES string of the molecule is Cc1cc(C=O)cc2c1OCO2. The van der Waals surface area contributed by atoms with Crippen molar-refractivity contribution in [1.29, 1.82) is 0 Å². The monoisotopic (exact) mass is 164 g/mol. The van der Waals surface area contributed by atoms with Gasteiger partial charge in [0, 0.05) is 5.56 Å². The first-order chi connectivity index (χ1) is 5.81. The molecule has 0 bridgehead atoms. The van der Waals surface area contributed by atoms with Crippen LogP contribution in [-0.4, -0.2) is 13.1 Å². The van der Waals surface area contributed by atoms with Gasteiger partial charge in [0.1, 0.15) is 6.29 Å². The summed E-state index contributed by atoms with van der Waals surface area (Å²) in [7, 11) is 0. The molecule has 1 aliphatic rings. The fraction of sp³-hybridized carbons (Fsp3) is 0.222. The highest BCUT2D eigenvalue weighted by atomic mass is 16.7. The van der Waals surface area contributed by atoms with Gasteiger partial charge in [-0.1, -0.05) is 0 Å². The summed E-state index contributed by atoms with van der Waals surface area (Å²) in [4.78, 5) is 10.5. The zero-order chi connectivity index (χ0) is 8.55. The van der Waals surface area contributed by atoms with Crippen LogP contribution in [0, 0.1) is 6.92 Å². The second kappa shape index (κ2) is 2.52. The minimum atomic E-state index is 0.248. The minimum absolute atomic E-state index is 0.248. The van der Waals surface area contributed by atoms with Crippen molar-refractivity contribution in [1.82, 2.24) is 0 Å². The summed E-state index contributed by atoms with van der Waals surface area (Å²) in [6.45, 7) is 2.14. The lowest BCUT2D eigenvalue weighted by atomic mass is 10.1. The Hall–Kier alpha value is -1.51. The van der Waals surface area contributed by atoms with Crippen LogP contribution in [0.15, 0.2) is 12.1 Å². The molecule has 3 nitrogen and oxygen atoms in total. The van der Waals surface area contributed by atoms with Crippen LogP contribution in [0.4, 0.5) is 0 Å². The van der Waals surface area contributed by atoms with Crippen molar-refractivity contribution < 1.29 is 14.3 Å². The van der Waals surface area contributed by atoms with Gasteiger partial charge in [-0.25, -0.2) is 0 Å². The third-order valence-electron chi connectivity index (χ3n) is 1.82. The zero-order valence-corrected chi connectivity index (χ0v) is 6.66. The van der Waals surface area contributed by atoms with E-state index < -0.39 is 0 Å². The van der Waals surface area contributed by atoms with Crippen LogP contribution in [0.2, 0.25) is 0 Å². The number of ether oxygens (including phenoxy) is 2. The Morgan fingerprint density at radius 2 is 2.25 bits per heavy atom. The molecule has 1 aromatic carbocycles. The molecule has 62 valence electrons. The number of fused-ring (bicyclic) bond motifs is 1. The second-order valence-corrected chi connectivity index (χ2v) is 2.69. The predicted molar refractivity (Wildman–Crippen MR) is 42.7 cm³/mol. The number of aldehydes is 1. The highest BCUT2D eigenvalue weighted by molar-refractivity contribution is 5.77. The molecule has 0 radical (unpaired) electrons. The molecule has 0 aliphatic carbocycles. The van der Waals surface area contributed by atoms with Crippen LogP contribution in [0.3, 0.4) is 0 Å². The van der Waals surface area contributed by atoms with Crippen LogP contribution in [0.25, 0.3) is 0 Å². The van der Waals surface area contributed by atoms with Crippen molar-refractivity contribution in [2.24, 2.45) is 0 Å². The molecule has 0 saturated carbocycles. The molecule has 0 unspecified atom stereocenters. The Morgan fingerprint density at radius 3 is 3.00 bits per heavy atom. The van der Waals surface area contributed by atoms with E-state index in [2.05, 4.69) is 0 Å². The van der Waals surface area contributed by atoms with E-state index in [4.69, 9.17) is 9.47 Å². The maximum absolute atomic E-state index is 10.5. The number of rotatable bonds is 1. The molecule has 0 amide bonds. The summed E-state index contributed by atoms with van der Waals surface area (Å²) < 4.78 is 10.3. The van der Waals surface area contributed by atoms with E-state index in [1.165, 1.54) is 0 Å².